The Morgan fingerprint density at radius 1 is 1.10 bits per heavy atom. The van der Waals surface area contributed by atoms with E-state index in [-0.39, 0.29) is 23.6 Å². The van der Waals surface area contributed by atoms with Gasteiger partial charge in [-0.15, -0.1) is 39.2 Å². The number of nitrogens with one attached hydrogen (secondary N) is 2. The van der Waals surface area contributed by atoms with Crippen LogP contribution >= 0.6 is 0 Å². The zero-order chi connectivity index (χ0) is 31.1. The second-order valence-corrected chi connectivity index (χ2v) is 9.06. The number of rotatable bonds is 4. The maximum atomic E-state index is 12.0. The van der Waals surface area contributed by atoms with Crippen LogP contribution < -0.4 is 10.9 Å². The van der Waals surface area contributed by atoms with Crippen LogP contribution in [0.2, 0.25) is 0 Å². The van der Waals surface area contributed by atoms with Crippen molar-refractivity contribution < 1.29 is 23.9 Å². The van der Waals surface area contributed by atoms with Gasteiger partial charge in [0.1, 0.15) is 11.6 Å². The van der Waals surface area contributed by atoms with Crippen LogP contribution in [0.25, 0.3) is 10.8 Å². The SMILES string of the molecule is C#C.C=C.C=C.CC(C)(C)OC(=O)N1CCC[C@H]1C(=O)NC1CC1.CCOC=O.O=c1[nH]ccc2ccccc12. The van der Waals surface area contributed by atoms with Crippen LogP contribution in [0, 0.1) is 12.8 Å². The number of aromatic amines is 1. The van der Waals surface area contributed by atoms with E-state index in [0.717, 1.165) is 36.5 Å². The van der Waals surface area contributed by atoms with Crippen molar-refractivity contribution in [2.45, 2.75) is 71.1 Å². The van der Waals surface area contributed by atoms with Crippen LogP contribution in [0.3, 0.4) is 0 Å². The molecular weight excluding hydrogens is 510 g/mol. The van der Waals surface area contributed by atoms with Gasteiger partial charge in [-0.05, 0) is 70.9 Å². The molecule has 2 amide bonds. The van der Waals surface area contributed by atoms with Crippen molar-refractivity contribution in [1.82, 2.24) is 15.2 Å². The smallest absolute Gasteiger partial charge is 0.410 e. The standard InChI is InChI=1S/C13H22N2O3.C9H7NO.C3H6O2.2C2H4.C2H2/c1-13(2,3)18-12(17)15-8-4-5-10(15)11(16)14-9-6-7-9;11-9-8-4-2-1-3-7(8)5-6-10-9;1-2-5-3-4;3*1-2/h9-10H,4-8H2,1-3H3,(H,14,16);1-6H,(H,10,11);3H,2H2,1H3;2*1-2H2;1-2H/t10-;;;;;/m0...../s1. The average molecular weight is 556 g/mol. The summed E-state index contributed by atoms with van der Waals surface area (Å²) in [5.41, 5.74) is -0.542. The van der Waals surface area contributed by atoms with Gasteiger partial charge < -0.3 is 19.8 Å². The molecule has 1 aliphatic heterocycles. The minimum atomic E-state index is -0.517. The van der Waals surface area contributed by atoms with Gasteiger partial charge in [-0.1, -0.05) is 18.2 Å². The molecule has 1 aromatic heterocycles. The minimum absolute atomic E-state index is 0.0249. The monoisotopic (exact) mass is 555 g/mol. The lowest BCUT2D eigenvalue weighted by atomic mass is 10.2. The molecule has 2 N–H and O–H groups in total. The third-order valence-corrected chi connectivity index (χ3v) is 5.02. The van der Waals surface area contributed by atoms with Gasteiger partial charge in [0.05, 0.1) is 6.61 Å². The van der Waals surface area contributed by atoms with Crippen molar-refractivity contribution in [1.29, 1.82) is 0 Å². The molecule has 0 spiro atoms. The fraction of sp³-hybridized carbons (Fsp3) is 0.419. The first-order valence-corrected chi connectivity index (χ1v) is 12.9. The van der Waals surface area contributed by atoms with Gasteiger partial charge in [0.2, 0.25) is 5.91 Å². The molecule has 9 heteroatoms. The number of hydrogen-bond acceptors (Lipinski definition) is 6. The molecule has 1 aromatic carbocycles. The number of terminal acetylenes is 1. The summed E-state index contributed by atoms with van der Waals surface area (Å²) < 4.78 is 9.48. The lowest BCUT2D eigenvalue weighted by molar-refractivity contribution is -0.128. The maximum absolute atomic E-state index is 12.0. The molecule has 1 saturated heterocycles. The van der Waals surface area contributed by atoms with E-state index in [0.29, 0.717) is 25.7 Å². The Morgan fingerprint density at radius 2 is 1.70 bits per heavy atom. The molecule has 1 atom stereocenters. The zero-order valence-electron chi connectivity index (χ0n) is 24.3. The zero-order valence-corrected chi connectivity index (χ0v) is 24.3. The Labute approximate surface area is 238 Å². The number of H-pyrrole nitrogens is 1. The quantitative estimate of drug-likeness (QED) is 0.303. The van der Waals surface area contributed by atoms with E-state index in [1.165, 1.54) is 0 Å². The molecule has 220 valence electrons. The van der Waals surface area contributed by atoms with E-state index in [1.807, 2.05) is 51.1 Å². The van der Waals surface area contributed by atoms with Gasteiger partial charge in [-0.25, -0.2) is 4.79 Å². The Balaban J connectivity index is 0. The number of fused-ring (bicyclic) bond motifs is 1. The van der Waals surface area contributed by atoms with Crippen molar-refractivity contribution >= 4 is 29.2 Å². The molecule has 0 bridgehead atoms. The molecule has 9 nitrogen and oxygen atoms in total. The first-order chi connectivity index (χ1) is 19.2. The molecule has 1 saturated carbocycles. The Bertz CT molecular complexity index is 1080. The molecular formula is C31H45N3O6. The number of benzene rings is 1. The van der Waals surface area contributed by atoms with Gasteiger partial charge >= 0.3 is 6.09 Å². The maximum Gasteiger partial charge on any atom is 0.410 e. The van der Waals surface area contributed by atoms with Gasteiger partial charge in [-0.3, -0.25) is 19.3 Å². The third kappa shape index (κ3) is 15.2. The summed E-state index contributed by atoms with van der Waals surface area (Å²) in [7, 11) is 0. The van der Waals surface area contributed by atoms with Crippen molar-refractivity contribution in [2.75, 3.05) is 13.2 Å². The van der Waals surface area contributed by atoms with Crippen molar-refractivity contribution in [3.63, 3.8) is 0 Å². The Kier molecular flexibility index (Phi) is 20.4. The lowest BCUT2D eigenvalue weighted by Gasteiger charge is -2.28. The highest BCUT2D eigenvalue weighted by Gasteiger charge is 2.38. The van der Waals surface area contributed by atoms with Crippen molar-refractivity contribution in [3.8, 4) is 12.8 Å². The first-order valence-electron chi connectivity index (χ1n) is 12.9. The molecule has 2 heterocycles. The summed E-state index contributed by atoms with van der Waals surface area (Å²) in [5.74, 6) is -0.0270. The first kappa shape index (κ1) is 37.8. The lowest BCUT2D eigenvalue weighted by Crippen LogP contribution is -2.48. The second kappa shape index (κ2) is 21.6. The van der Waals surface area contributed by atoms with Crippen LogP contribution in [0.4, 0.5) is 4.79 Å². The van der Waals surface area contributed by atoms with Gasteiger partial charge in [-0.2, -0.15) is 0 Å². The van der Waals surface area contributed by atoms with E-state index < -0.39 is 5.60 Å². The second-order valence-electron chi connectivity index (χ2n) is 9.06. The predicted octanol–water partition coefficient (Wildman–Crippen LogP) is 5.23. The summed E-state index contributed by atoms with van der Waals surface area (Å²) in [4.78, 5) is 48.5. The Morgan fingerprint density at radius 3 is 2.17 bits per heavy atom. The highest BCUT2D eigenvalue weighted by Crippen LogP contribution is 2.24. The molecule has 4 rings (SSSR count). The number of pyridine rings is 1. The topological polar surface area (TPSA) is 118 Å². The normalized spacial score (nSPS) is 14.7. The fourth-order valence-electron chi connectivity index (χ4n) is 3.31. The minimum Gasteiger partial charge on any atom is -0.468 e. The van der Waals surface area contributed by atoms with Gasteiger partial charge in [0.25, 0.3) is 12.0 Å². The van der Waals surface area contributed by atoms with Crippen LogP contribution in [0.1, 0.15) is 53.4 Å². The van der Waals surface area contributed by atoms with E-state index in [4.69, 9.17) is 4.74 Å². The molecule has 0 radical (unpaired) electrons. The molecule has 0 unspecified atom stereocenters. The summed E-state index contributed by atoms with van der Waals surface area (Å²) in [6.07, 6.45) is 13.0. The molecule has 1 aliphatic carbocycles. The van der Waals surface area contributed by atoms with Gasteiger partial charge in [0.15, 0.2) is 0 Å². The number of nitrogens with zero attached hydrogens (tertiary/aromatic N) is 1. The highest BCUT2D eigenvalue weighted by atomic mass is 16.6. The average Bonchev–Trinajstić information content (AvgIpc) is 3.63. The fourth-order valence-corrected chi connectivity index (χ4v) is 3.31. The summed E-state index contributed by atoms with van der Waals surface area (Å²) in [6.45, 7) is 20.8. The van der Waals surface area contributed by atoms with Crippen LogP contribution in [0.5, 0.6) is 0 Å². The number of carbonyl (C=O) groups excluding carboxylic acids is 3. The number of carbonyl (C=O) groups is 3. The third-order valence-electron chi connectivity index (χ3n) is 5.02. The van der Waals surface area contributed by atoms with E-state index in [1.54, 1.807) is 18.0 Å². The number of amides is 2. The Hall–Kier alpha value is -4.32. The predicted molar refractivity (Wildman–Crippen MR) is 162 cm³/mol. The van der Waals surface area contributed by atoms with E-state index in [2.05, 4.69) is 54.2 Å². The molecule has 2 aliphatic rings. The molecule has 40 heavy (non-hydrogen) atoms. The summed E-state index contributed by atoms with van der Waals surface area (Å²) in [5, 5.41) is 4.68. The van der Waals surface area contributed by atoms with E-state index in [9.17, 15) is 19.2 Å². The highest BCUT2D eigenvalue weighted by molar-refractivity contribution is 5.86. The van der Waals surface area contributed by atoms with Crippen molar-refractivity contribution in [3.05, 3.63) is 73.2 Å². The number of hydrogen-bond donors (Lipinski definition) is 2. The number of likely N-dealkylation sites (tertiary alicyclic amines) is 1. The van der Waals surface area contributed by atoms with Crippen LogP contribution in [0.15, 0.2) is 67.6 Å². The number of ether oxygens (including phenoxy) is 2. The largest absolute Gasteiger partial charge is 0.468 e. The van der Waals surface area contributed by atoms with Gasteiger partial charge in [0, 0.05) is 24.2 Å². The summed E-state index contributed by atoms with van der Waals surface area (Å²) >= 11 is 0. The van der Waals surface area contributed by atoms with Crippen LogP contribution in [-0.2, 0) is 19.1 Å². The van der Waals surface area contributed by atoms with Crippen molar-refractivity contribution in [2.24, 2.45) is 0 Å². The molecule has 2 aromatic rings. The number of aromatic nitrogens is 1. The van der Waals surface area contributed by atoms with Crippen LogP contribution in [-0.4, -0.2) is 59.2 Å². The molecule has 2 fully saturated rings. The van der Waals surface area contributed by atoms with E-state index >= 15 is 0 Å². The summed E-state index contributed by atoms with van der Waals surface area (Å²) in [6, 6.07) is 9.38.